The molecule has 12 heteroatoms. The SMILES string of the molecule is CCS(=O)(=O)c1nnc(NC(=O)C(C#N)=Cc2cc(C)n(-c3cc(Cl)ccc3OC)c2C)s1. The largest absolute Gasteiger partial charge is 0.495 e. The molecule has 9 nitrogen and oxygen atoms in total. The van der Waals surface area contributed by atoms with Gasteiger partial charge in [-0.05, 0) is 49.8 Å². The van der Waals surface area contributed by atoms with Gasteiger partial charge >= 0.3 is 0 Å². The van der Waals surface area contributed by atoms with Crippen molar-refractivity contribution in [2.75, 3.05) is 18.2 Å². The fraction of sp³-hybridized carbons (Fsp3) is 0.238. The highest BCUT2D eigenvalue weighted by Gasteiger charge is 2.21. The number of benzene rings is 1. The first-order valence-electron chi connectivity index (χ1n) is 9.63. The van der Waals surface area contributed by atoms with Crippen molar-refractivity contribution in [2.45, 2.75) is 25.1 Å². The monoisotopic (exact) mass is 505 g/mol. The maximum Gasteiger partial charge on any atom is 0.268 e. The van der Waals surface area contributed by atoms with E-state index < -0.39 is 15.7 Å². The van der Waals surface area contributed by atoms with Crippen LogP contribution in [0.4, 0.5) is 5.13 Å². The zero-order valence-electron chi connectivity index (χ0n) is 18.2. The number of methoxy groups -OCH3 is 1. The van der Waals surface area contributed by atoms with Crippen LogP contribution >= 0.6 is 22.9 Å². The van der Waals surface area contributed by atoms with E-state index in [1.165, 1.54) is 13.0 Å². The third kappa shape index (κ3) is 5.08. The molecule has 0 fully saturated rings. The quantitative estimate of drug-likeness (QED) is 0.292. The van der Waals surface area contributed by atoms with Gasteiger partial charge in [-0.15, -0.1) is 10.2 Å². The summed E-state index contributed by atoms with van der Waals surface area (Å²) in [6.07, 6.45) is 1.45. The Kier molecular flexibility index (Phi) is 7.22. The summed E-state index contributed by atoms with van der Waals surface area (Å²) in [5.41, 5.74) is 2.80. The molecule has 33 heavy (non-hydrogen) atoms. The van der Waals surface area contributed by atoms with Crippen LogP contribution in [-0.2, 0) is 14.6 Å². The van der Waals surface area contributed by atoms with Crippen LogP contribution in [0.3, 0.4) is 0 Å². The summed E-state index contributed by atoms with van der Waals surface area (Å²) in [6, 6.07) is 8.96. The van der Waals surface area contributed by atoms with Gasteiger partial charge in [0.15, 0.2) is 0 Å². The minimum absolute atomic E-state index is 0.0117. The average molecular weight is 506 g/mol. The summed E-state index contributed by atoms with van der Waals surface area (Å²) in [5.74, 6) is -0.241. The lowest BCUT2D eigenvalue weighted by molar-refractivity contribution is -0.112. The van der Waals surface area contributed by atoms with Gasteiger partial charge in [-0.3, -0.25) is 10.1 Å². The summed E-state index contributed by atoms with van der Waals surface area (Å²) in [6.45, 7) is 5.22. The molecule has 0 saturated heterocycles. The van der Waals surface area contributed by atoms with Gasteiger partial charge in [-0.1, -0.05) is 29.9 Å². The molecule has 0 atom stereocenters. The van der Waals surface area contributed by atoms with Gasteiger partial charge in [0, 0.05) is 16.4 Å². The molecule has 0 radical (unpaired) electrons. The van der Waals surface area contributed by atoms with Gasteiger partial charge in [-0.2, -0.15) is 5.26 Å². The highest BCUT2D eigenvalue weighted by Crippen LogP contribution is 2.31. The topological polar surface area (TPSA) is 127 Å². The van der Waals surface area contributed by atoms with Crippen molar-refractivity contribution < 1.29 is 17.9 Å². The van der Waals surface area contributed by atoms with Crippen molar-refractivity contribution in [3.8, 4) is 17.5 Å². The predicted octanol–water partition coefficient (Wildman–Crippen LogP) is 3.95. The van der Waals surface area contributed by atoms with Crippen LogP contribution < -0.4 is 10.1 Å². The number of carbonyl (C=O) groups excluding carboxylic acids is 1. The van der Waals surface area contributed by atoms with Crippen molar-refractivity contribution in [3.05, 3.63) is 51.8 Å². The molecule has 0 saturated carbocycles. The number of sulfone groups is 1. The number of nitrogens with zero attached hydrogens (tertiary/aromatic N) is 4. The molecule has 0 aliphatic heterocycles. The van der Waals surface area contributed by atoms with Crippen LogP contribution in [0.5, 0.6) is 5.75 Å². The lowest BCUT2D eigenvalue weighted by atomic mass is 10.1. The van der Waals surface area contributed by atoms with Crippen LogP contribution in [0.2, 0.25) is 5.02 Å². The summed E-state index contributed by atoms with van der Waals surface area (Å²) in [7, 11) is -1.98. The number of hydrogen-bond acceptors (Lipinski definition) is 8. The van der Waals surface area contributed by atoms with E-state index in [4.69, 9.17) is 16.3 Å². The third-order valence-corrected chi connectivity index (χ3v) is 8.04. The molecule has 1 amide bonds. The van der Waals surface area contributed by atoms with E-state index >= 15 is 0 Å². The molecule has 172 valence electrons. The molecular formula is C21H20ClN5O4S2. The number of nitrogens with one attached hydrogen (secondary N) is 1. The predicted molar refractivity (Wildman–Crippen MR) is 127 cm³/mol. The Labute approximate surface area is 200 Å². The van der Waals surface area contributed by atoms with Gasteiger partial charge in [0.25, 0.3) is 5.91 Å². The fourth-order valence-electron chi connectivity index (χ4n) is 3.12. The number of ether oxygens (including phenoxy) is 1. The van der Waals surface area contributed by atoms with Crippen molar-refractivity contribution in [2.24, 2.45) is 0 Å². The van der Waals surface area contributed by atoms with Gasteiger partial charge < -0.3 is 9.30 Å². The maximum atomic E-state index is 12.6. The van der Waals surface area contributed by atoms with Crippen LogP contribution in [0, 0.1) is 25.2 Å². The number of aromatic nitrogens is 3. The summed E-state index contributed by atoms with van der Waals surface area (Å²) in [4.78, 5) is 12.6. The summed E-state index contributed by atoms with van der Waals surface area (Å²) >= 11 is 6.91. The minimum atomic E-state index is -3.54. The molecule has 0 bridgehead atoms. The van der Waals surface area contributed by atoms with E-state index in [0.717, 1.165) is 28.4 Å². The zero-order chi connectivity index (χ0) is 24.3. The Hall–Kier alpha value is -3.20. The number of aryl methyl sites for hydroxylation is 1. The first-order valence-corrected chi connectivity index (χ1v) is 12.5. The summed E-state index contributed by atoms with van der Waals surface area (Å²) < 4.78 is 31.0. The summed E-state index contributed by atoms with van der Waals surface area (Å²) in [5, 5.41) is 19.8. The highest BCUT2D eigenvalue weighted by atomic mass is 35.5. The molecule has 0 aliphatic rings. The molecular weight excluding hydrogens is 486 g/mol. The molecule has 3 rings (SSSR count). The first kappa shape index (κ1) is 24.4. The van der Waals surface area contributed by atoms with E-state index in [0.29, 0.717) is 16.3 Å². The Morgan fingerprint density at radius 2 is 2.06 bits per heavy atom. The Morgan fingerprint density at radius 1 is 1.33 bits per heavy atom. The van der Waals surface area contributed by atoms with Gasteiger partial charge in [-0.25, -0.2) is 8.42 Å². The number of halogens is 1. The number of carbonyl (C=O) groups is 1. The standard InChI is InChI=1S/C21H20ClN5O4S2/c1-5-33(29,30)21-26-25-20(32-21)24-19(28)15(11-23)9-14-8-12(2)27(13(14)3)17-10-16(22)6-7-18(17)31-4/h6-10H,5H2,1-4H3,(H,24,25,28). The third-order valence-electron chi connectivity index (χ3n) is 4.79. The maximum absolute atomic E-state index is 12.6. The smallest absolute Gasteiger partial charge is 0.268 e. The van der Waals surface area contributed by atoms with Crippen LogP contribution in [0.1, 0.15) is 23.9 Å². The van der Waals surface area contributed by atoms with Crippen LogP contribution in [-0.4, -0.2) is 42.0 Å². The van der Waals surface area contributed by atoms with E-state index in [-0.39, 0.29) is 20.8 Å². The molecule has 0 spiro atoms. The van der Waals surface area contributed by atoms with E-state index in [2.05, 4.69) is 15.5 Å². The van der Waals surface area contributed by atoms with Gasteiger partial charge in [0.1, 0.15) is 17.4 Å². The van der Waals surface area contributed by atoms with Crippen molar-refractivity contribution in [1.82, 2.24) is 14.8 Å². The molecule has 3 aromatic rings. The van der Waals surface area contributed by atoms with Gasteiger partial charge in [0.2, 0.25) is 19.3 Å². The minimum Gasteiger partial charge on any atom is -0.495 e. The van der Waals surface area contributed by atoms with E-state index in [1.54, 1.807) is 25.3 Å². The first-order chi connectivity index (χ1) is 15.6. The number of rotatable bonds is 7. The molecule has 2 heterocycles. The van der Waals surface area contributed by atoms with Crippen LogP contribution in [0.15, 0.2) is 34.2 Å². The molecule has 0 aliphatic carbocycles. The lowest BCUT2D eigenvalue weighted by Crippen LogP contribution is -2.13. The second-order valence-electron chi connectivity index (χ2n) is 6.88. The van der Waals surface area contributed by atoms with Crippen molar-refractivity contribution in [3.63, 3.8) is 0 Å². The van der Waals surface area contributed by atoms with Crippen LogP contribution in [0.25, 0.3) is 11.8 Å². The number of hydrogen-bond donors (Lipinski definition) is 1. The zero-order valence-corrected chi connectivity index (χ0v) is 20.6. The molecule has 2 aromatic heterocycles. The average Bonchev–Trinajstić information content (AvgIpc) is 3.36. The normalized spacial score (nSPS) is 11.8. The van der Waals surface area contributed by atoms with Crippen molar-refractivity contribution in [1.29, 1.82) is 5.26 Å². The second kappa shape index (κ2) is 9.74. The highest BCUT2D eigenvalue weighted by molar-refractivity contribution is 7.93. The molecule has 1 aromatic carbocycles. The Balaban J connectivity index is 1.94. The number of nitriles is 1. The second-order valence-corrected chi connectivity index (χ2v) is 10.7. The van der Waals surface area contributed by atoms with E-state index in [1.807, 2.05) is 30.6 Å². The lowest BCUT2D eigenvalue weighted by Gasteiger charge is -2.14. The van der Waals surface area contributed by atoms with Gasteiger partial charge in [0.05, 0.1) is 18.6 Å². The van der Waals surface area contributed by atoms with E-state index in [9.17, 15) is 18.5 Å². The number of amides is 1. The molecule has 1 N–H and O–H groups in total. The Morgan fingerprint density at radius 3 is 2.70 bits per heavy atom. The fourth-order valence-corrected chi connectivity index (χ4v) is 5.27. The molecule has 0 unspecified atom stereocenters. The van der Waals surface area contributed by atoms with Crippen molar-refractivity contribution >= 4 is 49.9 Å². The Bertz CT molecular complexity index is 1400. The number of anilines is 1.